The topological polar surface area (TPSA) is 79.7 Å². The molecule has 0 spiro atoms. The maximum absolute atomic E-state index is 13.3. The van der Waals surface area contributed by atoms with Gasteiger partial charge in [0.2, 0.25) is 5.91 Å². The number of piperidine rings is 1. The van der Waals surface area contributed by atoms with Gasteiger partial charge in [-0.1, -0.05) is 12.1 Å². The Bertz CT molecular complexity index is 1100. The number of rotatable bonds is 8. The molecule has 1 N–H and O–H groups in total. The number of nitrogens with zero attached hydrogens (tertiary/aromatic N) is 4. The zero-order chi connectivity index (χ0) is 26.3. The number of alkyl halides is 3. The van der Waals surface area contributed by atoms with Gasteiger partial charge in [0, 0.05) is 45.0 Å². The van der Waals surface area contributed by atoms with Crippen molar-refractivity contribution in [1.82, 2.24) is 24.7 Å². The van der Waals surface area contributed by atoms with Gasteiger partial charge in [-0.3, -0.25) is 14.5 Å². The minimum atomic E-state index is -4.79. The molecule has 1 aliphatic carbocycles. The quantitative estimate of drug-likeness (QED) is 0.594. The highest BCUT2D eigenvalue weighted by Crippen LogP contribution is 2.52. The van der Waals surface area contributed by atoms with E-state index in [9.17, 15) is 22.8 Å². The third-order valence-electron chi connectivity index (χ3n) is 6.48. The van der Waals surface area contributed by atoms with E-state index in [2.05, 4.69) is 19.9 Å². The second-order valence-electron chi connectivity index (χ2n) is 10.8. The van der Waals surface area contributed by atoms with Crippen LogP contribution in [0.4, 0.5) is 13.2 Å². The Labute approximate surface area is 208 Å². The number of carbonyl (C=O) groups is 2. The van der Waals surface area contributed by atoms with Gasteiger partial charge in [0.05, 0.1) is 12.9 Å². The van der Waals surface area contributed by atoms with Crippen molar-refractivity contribution in [3.63, 3.8) is 0 Å². The Morgan fingerprint density at radius 1 is 1.19 bits per heavy atom. The zero-order valence-electron chi connectivity index (χ0n) is 20.9. The van der Waals surface area contributed by atoms with E-state index in [1.165, 1.54) is 24.5 Å². The Kier molecular flexibility index (Phi) is 7.05. The van der Waals surface area contributed by atoms with E-state index < -0.39 is 6.36 Å². The fourth-order valence-corrected chi connectivity index (χ4v) is 5.02. The number of nitrogens with one attached hydrogen (secondary N) is 1. The number of benzene rings is 1. The molecule has 1 saturated carbocycles. The number of aromatic nitrogens is 2. The van der Waals surface area contributed by atoms with Crippen molar-refractivity contribution in [3.8, 4) is 5.75 Å². The third kappa shape index (κ3) is 6.77. The summed E-state index contributed by atoms with van der Waals surface area (Å²) in [6.45, 7) is 8.36. The molecule has 8 nitrogen and oxygen atoms in total. The van der Waals surface area contributed by atoms with Crippen LogP contribution in [-0.2, 0) is 18.4 Å². The summed E-state index contributed by atoms with van der Waals surface area (Å²) >= 11 is 0. The number of carbonyl (C=O) groups excluding carboxylic acids is 2. The monoisotopic (exact) mass is 507 g/mol. The van der Waals surface area contributed by atoms with Gasteiger partial charge in [-0.15, -0.1) is 13.2 Å². The lowest BCUT2D eigenvalue weighted by atomic mass is 10.1. The molecule has 2 amide bonds. The van der Waals surface area contributed by atoms with Crippen molar-refractivity contribution in [2.75, 3.05) is 26.2 Å². The molecule has 196 valence electrons. The minimum absolute atomic E-state index is 0.00624. The van der Waals surface area contributed by atoms with E-state index in [1.807, 2.05) is 20.8 Å². The van der Waals surface area contributed by atoms with E-state index in [1.54, 1.807) is 28.8 Å². The lowest BCUT2D eigenvalue weighted by Gasteiger charge is -2.26. The summed E-state index contributed by atoms with van der Waals surface area (Å²) in [7, 11) is 1.77. The molecule has 0 bridgehead atoms. The van der Waals surface area contributed by atoms with Crippen LogP contribution >= 0.6 is 0 Å². The summed E-state index contributed by atoms with van der Waals surface area (Å²) in [4.78, 5) is 33.5. The second-order valence-corrected chi connectivity index (χ2v) is 10.8. The molecule has 2 atom stereocenters. The highest BCUT2D eigenvalue weighted by atomic mass is 19.4. The van der Waals surface area contributed by atoms with Gasteiger partial charge in [0.15, 0.2) is 0 Å². The van der Waals surface area contributed by atoms with E-state index >= 15 is 0 Å². The number of likely N-dealkylation sites (tertiary alicyclic amines) is 1. The van der Waals surface area contributed by atoms with E-state index in [-0.39, 0.29) is 41.3 Å². The molecule has 1 aliphatic heterocycles. The van der Waals surface area contributed by atoms with Crippen LogP contribution < -0.4 is 10.1 Å². The molecule has 11 heteroatoms. The maximum atomic E-state index is 13.3. The van der Waals surface area contributed by atoms with E-state index in [4.69, 9.17) is 0 Å². The first-order chi connectivity index (χ1) is 16.8. The molecule has 2 aliphatic rings. The largest absolute Gasteiger partial charge is 0.573 e. The first-order valence-electron chi connectivity index (χ1n) is 11.9. The third-order valence-corrected chi connectivity index (χ3v) is 6.48. The molecule has 2 unspecified atom stereocenters. The molecule has 2 heterocycles. The summed E-state index contributed by atoms with van der Waals surface area (Å²) < 4.78 is 43.7. The Balaban J connectivity index is 1.41. The van der Waals surface area contributed by atoms with Gasteiger partial charge in [-0.2, -0.15) is 0 Å². The molecule has 1 aromatic heterocycles. The predicted octanol–water partition coefficient (Wildman–Crippen LogP) is 3.05. The van der Waals surface area contributed by atoms with E-state index in [0.29, 0.717) is 30.5 Å². The Morgan fingerprint density at radius 3 is 2.47 bits per heavy atom. The summed E-state index contributed by atoms with van der Waals surface area (Å²) in [6.07, 6.45) is -1.62. The molecule has 36 heavy (non-hydrogen) atoms. The lowest BCUT2D eigenvalue weighted by Crippen LogP contribution is -2.46. The van der Waals surface area contributed by atoms with E-state index in [0.717, 1.165) is 13.1 Å². The normalized spacial score (nSPS) is 21.7. The highest BCUT2D eigenvalue weighted by Gasteiger charge is 2.56. The van der Waals surface area contributed by atoms with Crippen LogP contribution in [0.2, 0.25) is 0 Å². The number of aryl methyl sites for hydroxylation is 1. The number of hydrogen-bond acceptors (Lipinski definition) is 5. The standard InChI is InChI=1S/C25H32F3N5O3/c1-24(2,3)30-22(34)14-32-10-18-19(11-32)20(18)12-33(23(35)21-13-31(4)15-29-21)9-16-6-5-7-17(8-16)36-25(26,27)28/h5-8,13,15,18-20H,9-12,14H2,1-4H3,(H,30,34). The minimum Gasteiger partial charge on any atom is -0.406 e. The predicted molar refractivity (Wildman–Crippen MR) is 126 cm³/mol. The molecule has 0 radical (unpaired) electrons. The van der Waals surface area contributed by atoms with Gasteiger partial charge >= 0.3 is 6.36 Å². The molecule has 2 fully saturated rings. The summed E-state index contributed by atoms with van der Waals surface area (Å²) in [5.74, 6) is 0.432. The number of imidazole rings is 1. The lowest BCUT2D eigenvalue weighted by molar-refractivity contribution is -0.274. The summed E-state index contributed by atoms with van der Waals surface area (Å²) in [5, 5.41) is 2.98. The average Bonchev–Trinajstić information content (AvgIpc) is 3.06. The number of halogens is 3. The van der Waals surface area contributed by atoms with Gasteiger partial charge in [0.1, 0.15) is 11.4 Å². The molecular formula is C25H32F3N5O3. The molecular weight excluding hydrogens is 475 g/mol. The Morgan fingerprint density at radius 2 is 1.89 bits per heavy atom. The number of amides is 2. The van der Waals surface area contributed by atoms with Crippen LogP contribution in [0.15, 0.2) is 36.8 Å². The fraction of sp³-hybridized carbons (Fsp3) is 0.560. The zero-order valence-corrected chi connectivity index (χ0v) is 20.9. The van der Waals surface area contributed by atoms with Crippen molar-refractivity contribution in [2.24, 2.45) is 24.8 Å². The summed E-state index contributed by atoms with van der Waals surface area (Å²) in [6, 6.07) is 5.69. The average molecular weight is 508 g/mol. The molecule has 1 aromatic carbocycles. The van der Waals surface area contributed by atoms with Gasteiger partial charge in [-0.25, -0.2) is 4.98 Å². The number of hydrogen-bond donors (Lipinski definition) is 1. The van der Waals surface area contributed by atoms with Crippen molar-refractivity contribution in [2.45, 2.75) is 39.2 Å². The Hall–Kier alpha value is -3.08. The first kappa shape index (κ1) is 26.0. The number of ether oxygens (including phenoxy) is 1. The molecule has 2 aromatic rings. The smallest absolute Gasteiger partial charge is 0.406 e. The molecule has 4 rings (SSSR count). The van der Waals surface area contributed by atoms with Crippen LogP contribution in [-0.4, -0.2) is 69.2 Å². The SMILES string of the molecule is Cn1cnc(C(=O)N(Cc2cccc(OC(F)(F)F)c2)CC2C3CN(CC(=O)NC(C)(C)C)CC32)c1. The number of fused-ring (bicyclic) bond motifs is 1. The van der Waals surface area contributed by atoms with Crippen LogP contribution in [0, 0.1) is 17.8 Å². The van der Waals surface area contributed by atoms with Crippen LogP contribution in [0.1, 0.15) is 36.8 Å². The fourth-order valence-electron chi connectivity index (χ4n) is 5.02. The van der Waals surface area contributed by atoms with Crippen LogP contribution in [0.3, 0.4) is 0 Å². The van der Waals surface area contributed by atoms with Crippen molar-refractivity contribution in [1.29, 1.82) is 0 Å². The van der Waals surface area contributed by atoms with Gasteiger partial charge < -0.3 is 19.5 Å². The molecule has 1 saturated heterocycles. The maximum Gasteiger partial charge on any atom is 0.573 e. The van der Waals surface area contributed by atoms with Gasteiger partial charge in [0.25, 0.3) is 5.91 Å². The summed E-state index contributed by atoms with van der Waals surface area (Å²) in [5.41, 5.74) is 0.538. The van der Waals surface area contributed by atoms with Gasteiger partial charge in [-0.05, 0) is 56.2 Å². The first-order valence-corrected chi connectivity index (χ1v) is 11.9. The van der Waals surface area contributed by atoms with Crippen molar-refractivity contribution in [3.05, 3.63) is 48.0 Å². The second kappa shape index (κ2) is 9.76. The highest BCUT2D eigenvalue weighted by molar-refractivity contribution is 5.92. The van der Waals surface area contributed by atoms with Crippen molar-refractivity contribution >= 4 is 11.8 Å². The van der Waals surface area contributed by atoms with Crippen molar-refractivity contribution < 1.29 is 27.5 Å². The van der Waals surface area contributed by atoms with Crippen LogP contribution in [0.25, 0.3) is 0 Å². The van der Waals surface area contributed by atoms with Crippen LogP contribution in [0.5, 0.6) is 5.75 Å².